The zero-order valence-corrected chi connectivity index (χ0v) is 9.84. The lowest BCUT2D eigenvalue weighted by Gasteiger charge is -2.07. The largest absolute Gasteiger partial charge is 0.490 e. The second kappa shape index (κ2) is 5.76. The number of benzene rings is 1. The minimum Gasteiger partial charge on any atom is -0.490 e. The SMILES string of the molecule is COC(=O)Cc1cc(OC)c([N+](=O)[O-])cc1C=O. The number of nitrogens with zero attached hydrogens (tertiary/aromatic N) is 1. The lowest BCUT2D eigenvalue weighted by atomic mass is 10.0. The van der Waals surface area contributed by atoms with E-state index in [1.54, 1.807) is 0 Å². The van der Waals surface area contributed by atoms with Gasteiger partial charge in [0.15, 0.2) is 12.0 Å². The number of carbonyl (C=O) groups excluding carboxylic acids is 2. The molecule has 0 aliphatic carbocycles. The van der Waals surface area contributed by atoms with Crippen LogP contribution in [0.1, 0.15) is 15.9 Å². The van der Waals surface area contributed by atoms with Gasteiger partial charge in [-0.3, -0.25) is 19.7 Å². The summed E-state index contributed by atoms with van der Waals surface area (Å²) >= 11 is 0. The van der Waals surface area contributed by atoms with Crippen LogP contribution in [0.4, 0.5) is 5.69 Å². The summed E-state index contributed by atoms with van der Waals surface area (Å²) in [5.74, 6) is -0.557. The van der Waals surface area contributed by atoms with Gasteiger partial charge in [0.05, 0.1) is 25.6 Å². The van der Waals surface area contributed by atoms with Gasteiger partial charge < -0.3 is 9.47 Å². The molecular weight excluding hydrogens is 242 g/mol. The molecule has 0 atom stereocenters. The van der Waals surface area contributed by atoms with Crippen molar-refractivity contribution in [2.75, 3.05) is 14.2 Å². The first-order valence-corrected chi connectivity index (χ1v) is 4.90. The van der Waals surface area contributed by atoms with E-state index in [0.717, 1.165) is 6.07 Å². The number of carbonyl (C=O) groups is 2. The normalized spacial score (nSPS) is 9.67. The topological polar surface area (TPSA) is 95.7 Å². The maximum absolute atomic E-state index is 11.2. The molecule has 18 heavy (non-hydrogen) atoms. The third-order valence-corrected chi connectivity index (χ3v) is 2.33. The van der Waals surface area contributed by atoms with Gasteiger partial charge in [0, 0.05) is 11.6 Å². The molecule has 0 aliphatic rings. The zero-order chi connectivity index (χ0) is 13.7. The number of ether oxygens (including phenoxy) is 2. The Bertz CT molecular complexity index is 497. The molecule has 0 heterocycles. The second-order valence-corrected chi connectivity index (χ2v) is 3.35. The summed E-state index contributed by atoms with van der Waals surface area (Å²) in [4.78, 5) is 32.1. The van der Waals surface area contributed by atoms with E-state index in [-0.39, 0.29) is 23.4 Å². The monoisotopic (exact) mass is 253 g/mol. The van der Waals surface area contributed by atoms with Gasteiger partial charge in [0.2, 0.25) is 0 Å². The van der Waals surface area contributed by atoms with Gasteiger partial charge >= 0.3 is 11.7 Å². The molecule has 0 spiro atoms. The first-order chi connectivity index (χ1) is 8.53. The second-order valence-electron chi connectivity index (χ2n) is 3.35. The summed E-state index contributed by atoms with van der Waals surface area (Å²) in [6.07, 6.45) is 0.295. The van der Waals surface area contributed by atoms with Crippen molar-refractivity contribution in [3.8, 4) is 5.75 Å². The molecule has 0 unspecified atom stereocenters. The summed E-state index contributed by atoms with van der Waals surface area (Å²) in [6.45, 7) is 0. The number of nitro groups is 1. The number of rotatable bonds is 5. The maximum Gasteiger partial charge on any atom is 0.311 e. The van der Waals surface area contributed by atoms with Crippen LogP contribution in [0, 0.1) is 10.1 Å². The van der Waals surface area contributed by atoms with Crippen LogP contribution in [0.25, 0.3) is 0 Å². The van der Waals surface area contributed by atoms with Gasteiger partial charge in [-0.2, -0.15) is 0 Å². The van der Waals surface area contributed by atoms with Gasteiger partial charge in [0.1, 0.15) is 0 Å². The molecule has 0 aliphatic heterocycles. The van der Waals surface area contributed by atoms with E-state index in [1.165, 1.54) is 20.3 Å². The number of hydrogen-bond donors (Lipinski definition) is 0. The van der Waals surface area contributed by atoms with Crippen molar-refractivity contribution in [3.05, 3.63) is 33.4 Å². The van der Waals surface area contributed by atoms with Crippen molar-refractivity contribution >= 4 is 17.9 Å². The highest BCUT2D eigenvalue weighted by molar-refractivity contribution is 5.83. The molecule has 0 fully saturated rings. The van der Waals surface area contributed by atoms with E-state index >= 15 is 0 Å². The Morgan fingerprint density at radius 2 is 2.11 bits per heavy atom. The van der Waals surface area contributed by atoms with Crippen LogP contribution < -0.4 is 4.74 Å². The van der Waals surface area contributed by atoms with Crippen LogP contribution in [0.3, 0.4) is 0 Å². The zero-order valence-electron chi connectivity index (χ0n) is 9.84. The average Bonchev–Trinajstić information content (AvgIpc) is 2.37. The van der Waals surface area contributed by atoms with Crippen molar-refractivity contribution in [2.24, 2.45) is 0 Å². The summed E-state index contributed by atoms with van der Waals surface area (Å²) < 4.78 is 9.33. The standard InChI is InChI=1S/C11H11NO6/c1-17-10-4-7(5-11(14)18-2)8(6-13)3-9(10)12(15)16/h3-4,6H,5H2,1-2H3. The van der Waals surface area contributed by atoms with E-state index < -0.39 is 10.9 Å². The molecule has 0 aromatic heterocycles. The molecule has 0 N–H and O–H groups in total. The Balaban J connectivity index is 3.30. The van der Waals surface area contributed by atoms with Crippen molar-refractivity contribution in [1.82, 2.24) is 0 Å². The smallest absolute Gasteiger partial charge is 0.311 e. The van der Waals surface area contributed by atoms with Crippen molar-refractivity contribution in [2.45, 2.75) is 6.42 Å². The van der Waals surface area contributed by atoms with Gasteiger partial charge in [-0.1, -0.05) is 0 Å². The molecule has 1 rings (SSSR count). The van der Waals surface area contributed by atoms with Crippen LogP contribution in [0.5, 0.6) is 5.75 Å². The summed E-state index contributed by atoms with van der Waals surface area (Å²) in [7, 11) is 2.48. The molecule has 0 amide bonds. The van der Waals surface area contributed by atoms with E-state index in [2.05, 4.69) is 4.74 Å². The predicted octanol–water partition coefficient (Wildman–Crippen LogP) is 1.13. The first kappa shape index (κ1) is 13.6. The molecular formula is C11H11NO6. The van der Waals surface area contributed by atoms with Crippen LogP contribution in [-0.4, -0.2) is 31.4 Å². The fraction of sp³-hybridized carbons (Fsp3) is 0.273. The Morgan fingerprint density at radius 3 is 2.56 bits per heavy atom. The van der Waals surface area contributed by atoms with Crippen molar-refractivity contribution in [1.29, 1.82) is 0 Å². The van der Waals surface area contributed by atoms with Crippen LogP contribution >= 0.6 is 0 Å². The van der Waals surface area contributed by atoms with Crippen LogP contribution in [-0.2, 0) is 16.0 Å². The number of aldehydes is 1. The van der Waals surface area contributed by atoms with Crippen molar-refractivity contribution in [3.63, 3.8) is 0 Å². The molecule has 1 aromatic rings. The molecule has 1 aromatic carbocycles. The maximum atomic E-state index is 11.2. The molecule has 96 valence electrons. The lowest BCUT2D eigenvalue weighted by Crippen LogP contribution is -2.08. The van der Waals surface area contributed by atoms with Crippen LogP contribution in [0.15, 0.2) is 12.1 Å². The van der Waals surface area contributed by atoms with E-state index in [0.29, 0.717) is 11.8 Å². The number of nitro benzene ring substituents is 1. The molecule has 0 bridgehead atoms. The molecule has 7 nitrogen and oxygen atoms in total. The highest BCUT2D eigenvalue weighted by atomic mass is 16.6. The van der Waals surface area contributed by atoms with Gasteiger partial charge in [-0.15, -0.1) is 0 Å². The Labute approximate surface area is 102 Å². The molecule has 7 heteroatoms. The number of esters is 1. The third kappa shape index (κ3) is 2.82. The average molecular weight is 253 g/mol. The molecule has 0 saturated carbocycles. The third-order valence-electron chi connectivity index (χ3n) is 2.33. The first-order valence-electron chi connectivity index (χ1n) is 4.90. The summed E-state index contributed by atoms with van der Waals surface area (Å²) in [5.41, 5.74) is 0.0559. The van der Waals surface area contributed by atoms with E-state index in [4.69, 9.17) is 4.74 Å². The molecule has 0 saturated heterocycles. The Morgan fingerprint density at radius 1 is 1.44 bits per heavy atom. The highest BCUT2D eigenvalue weighted by Crippen LogP contribution is 2.30. The number of hydrogen-bond acceptors (Lipinski definition) is 6. The fourth-order valence-electron chi connectivity index (χ4n) is 1.42. The van der Waals surface area contributed by atoms with E-state index in [1.807, 2.05) is 0 Å². The summed E-state index contributed by atoms with van der Waals surface area (Å²) in [5, 5.41) is 10.8. The molecule has 0 radical (unpaired) electrons. The van der Waals surface area contributed by atoms with Crippen molar-refractivity contribution < 1.29 is 24.0 Å². The van der Waals surface area contributed by atoms with Gasteiger partial charge in [-0.25, -0.2) is 0 Å². The Kier molecular flexibility index (Phi) is 4.36. The van der Waals surface area contributed by atoms with Crippen LogP contribution in [0.2, 0.25) is 0 Å². The van der Waals surface area contributed by atoms with Gasteiger partial charge in [-0.05, 0) is 11.6 Å². The highest BCUT2D eigenvalue weighted by Gasteiger charge is 2.20. The number of methoxy groups -OCH3 is 2. The minimum atomic E-state index is -0.659. The predicted molar refractivity (Wildman–Crippen MR) is 60.8 cm³/mol. The quantitative estimate of drug-likeness (QED) is 0.338. The fourth-order valence-corrected chi connectivity index (χ4v) is 1.42. The summed E-state index contributed by atoms with van der Waals surface area (Å²) in [6, 6.07) is 2.36. The minimum absolute atomic E-state index is 0.00972. The van der Waals surface area contributed by atoms with E-state index in [9.17, 15) is 19.7 Å². The van der Waals surface area contributed by atoms with Gasteiger partial charge in [0.25, 0.3) is 0 Å². The Hall–Kier alpha value is -2.44. The lowest BCUT2D eigenvalue weighted by molar-refractivity contribution is -0.385.